The Hall–Kier alpha value is -1.18. The second-order valence-electron chi connectivity index (χ2n) is 6.56. The Morgan fingerprint density at radius 2 is 1.79 bits per heavy atom. The van der Waals surface area contributed by atoms with Crippen LogP contribution >= 0.6 is 0 Å². The molecule has 2 heteroatoms. The minimum atomic E-state index is 0.697. The molecule has 0 aliphatic carbocycles. The summed E-state index contributed by atoms with van der Waals surface area (Å²) in [5.41, 5.74) is 4.20. The van der Waals surface area contributed by atoms with E-state index in [-0.39, 0.29) is 0 Å². The van der Waals surface area contributed by atoms with E-state index in [4.69, 9.17) is 0 Å². The van der Waals surface area contributed by atoms with Crippen LogP contribution in [0.25, 0.3) is 0 Å². The maximum Gasteiger partial charge on any atom is 0.0393 e. The SMILES string of the molecule is CC(C)CN(CC(C)C)c1ccc2c(c1)NCCC2. The minimum absolute atomic E-state index is 0.697. The zero-order chi connectivity index (χ0) is 13.8. The number of nitrogens with one attached hydrogen (secondary N) is 1. The van der Waals surface area contributed by atoms with Gasteiger partial charge in [-0.05, 0) is 42.4 Å². The smallest absolute Gasteiger partial charge is 0.0393 e. The molecule has 2 nitrogen and oxygen atoms in total. The van der Waals surface area contributed by atoms with E-state index in [2.05, 4.69) is 56.1 Å². The van der Waals surface area contributed by atoms with Gasteiger partial charge in [-0.15, -0.1) is 0 Å². The van der Waals surface area contributed by atoms with Gasteiger partial charge in [0.05, 0.1) is 0 Å². The molecule has 106 valence electrons. The summed E-state index contributed by atoms with van der Waals surface area (Å²) in [5.74, 6) is 1.39. The number of benzene rings is 1. The topological polar surface area (TPSA) is 15.3 Å². The molecule has 0 fully saturated rings. The van der Waals surface area contributed by atoms with Gasteiger partial charge >= 0.3 is 0 Å². The highest BCUT2D eigenvalue weighted by atomic mass is 15.1. The lowest BCUT2D eigenvalue weighted by Crippen LogP contribution is -2.31. The Bertz CT molecular complexity index is 400. The van der Waals surface area contributed by atoms with Crippen LogP contribution in [0, 0.1) is 11.8 Å². The van der Waals surface area contributed by atoms with Gasteiger partial charge in [-0.2, -0.15) is 0 Å². The fourth-order valence-corrected chi connectivity index (χ4v) is 2.81. The Labute approximate surface area is 118 Å². The molecule has 0 unspecified atom stereocenters. The maximum absolute atomic E-state index is 3.54. The third-order valence-electron chi connectivity index (χ3n) is 3.57. The van der Waals surface area contributed by atoms with E-state index in [0.717, 1.165) is 19.6 Å². The van der Waals surface area contributed by atoms with Gasteiger partial charge in [-0.25, -0.2) is 0 Å². The van der Waals surface area contributed by atoms with E-state index in [1.165, 1.54) is 29.8 Å². The Balaban J connectivity index is 2.20. The van der Waals surface area contributed by atoms with Crippen LogP contribution in [0.15, 0.2) is 18.2 Å². The summed E-state index contributed by atoms with van der Waals surface area (Å²) >= 11 is 0. The third kappa shape index (κ3) is 3.89. The van der Waals surface area contributed by atoms with Crippen molar-refractivity contribution in [2.45, 2.75) is 40.5 Å². The Kier molecular flexibility index (Phi) is 4.73. The molecule has 1 aliphatic heterocycles. The second kappa shape index (κ2) is 6.31. The monoisotopic (exact) mass is 260 g/mol. The zero-order valence-corrected chi connectivity index (χ0v) is 12.9. The number of fused-ring (bicyclic) bond motifs is 1. The van der Waals surface area contributed by atoms with Gasteiger partial charge in [0, 0.05) is 31.0 Å². The van der Waals surface area contributed by atoms with Crippen molar-refractivity contribution in [1.29, 1.82) is 0 Å². The van der Waals surface area contributed by atoms with E-state index in [1.54, 1.807) is 0 Å². The van der Waals surface area contributed by atoms with Crippen LogP contribution in [0.1, 0.15) is 39.7 Å². The van der Waals surface area contributed by atoms with Gasteiger partial charge in [-0.3, -0.25) is 0 Å². The van der Waals surface area contributed by atoms with Crippen molar-refractivity contribution >= 4 is 11.4 Å². The Morgan fingerprint density at radius 3 is 2.42 bits per heavy atom. The normalized spacial score (nSPS) is 14.4. The standard InChI is InChI=1S/C17H28N2/c1-13(2)11-19(12-14(3)4)16-8-7-15-6-5-9-18-17(15)10-16/h7-8,10,13-14,18H,5-6,9,11-12H2,1-4H3. The van der Waals surface area contributed by atoms with Crippen LogP contribution in [-0.2, 0) is 6.42 Å². The van der Waals surface area contributed by atoms with Gasteiger partial charge in [0.1, 0.15) is 0 Å². The molecular formula is C17H28N2. The van der Waals surface area contributed by atoms with Crippen LogP contribution in [-0.4, -0.2) is 19.6 Å². The molecule has 0 radical (unpaired) electrons. The molecular weight excluding hydrogens is 232 g/mol. The fourth-order valence-electron chi connectivity index (χ4n) is 2.81. The molecule has 0 amide bonds. The molecule has 0 saturated heterocycles. The first-order chi connectivity index (χ1) is 9.06. The van der Waals surface area contributed by atoms with Crippen LogP contribution in [0.3, 0.4) is 0 Å². The number of anilines is 2. The van der Waals surface area contributed by atoms with E-state index in [9.17, 15) is 0 Å². The van der Waals surface area contributed by atoms with Gasteiger partial charge < -0.3 is 10.2 Å². The highest BCUT2D eigenvalue weighted by Gasteiger charge is 2.14. The second-order valence-corrected chi connectivity index (χ2v) is 6.56. The zero-order valence-electron chi connectivity index (χ0n) is 12.9. The van der Waals surface area contributed by atoms with Gasteiger partial charge in [0.2, 0.25) is 0 Å². The van der Waals surface area contributed by atoms with Crippen LogP contribution in [0.4, 0.5) is 11.4 Å². The quantitative estimate of drug-likeness (QED) is 0.855. The van der Waals surface area contributed by atoms with E-state index < -0.39 is 0 Å². The molecule has 2 rings (SSSR count). The molecule has 0 spiro atoms. The van der Waals surface area contributed by atoms with Gasteiger partial charge in [-0.1, -0.05) is 33.8 Å². The summed E-state index contributed by atoms with van der Waals surface area (Å²) in [7, 11) is 0. The van der Waals surface area contributed by atoms with E-state index >= 15 is 0 Å². The summed E-state index contributed by atoms with van der Waals surface area (Å²) < 4.78 is 0. The fraction of sp³-hybridized carbons (Fsp3) is 0.647. The molecule has 19 heavy (non-hydrogen) atoms. The van der Waals surface area contributed by atoms with Crippen molar-refractivity contribution in [1.82, 2.24) is 0 Å². The van der Waals surface area contributed by atoms with Crippen molar-refractivity contribution < 1.29 is 0 Å². The molecule has 1 aromatic carbocycles. The van der Waals surface area contributed by atoms with Crippen molar-refractivity contribution in [3.63, 3.8) is 0 Å². The first-order valence-corrected chi connectivity index (χ1v) is 7.68. The predicted octanol–water partition coefficient (Wildman–Crippen LogP) is 4.16. The molecule has 0 aromatic heterocycles. The van der Waals surface area contributed by atoms with Gasteiger partial charge in [0.25, 0.3) is 0 Å². The first kappa shape index (κ1) is 14.2. The molecule has 0 saturated carbocycles. The minimum Gasteiger partial charge on any atom is -0.385 e. The lowest BCUT2D eigenvalue weighted by atomic mass is 10.0. The summed E-state index contributed by atoms with van der Waals surface area (Å²) in [6.45, 7) is 12.6. The molecule has 0 atom stereocenters. The van der Waals surface area contributed by atoms with Crippen LogP contribution in [0.5, 0.6) is 0 Å². The highest BCUT2D eigenvalue weighted by molar-refractivity contribution is 5.63. The number of hydrogen-bond acceptors (Lipinski definition) is 2. The third-order valence-corrected chi connectivity index (χ3v) is 3.57. The largest absolute Gasteiger partial charge is 0.385 e. The van der Waals surface area contributed by atoms with Crippen molar-refractivity contribution in [3.8, 4) is 0 Å². The lowest BCUT2D eigenvalue weighted by molar-refractivity contribution is 0.552. The van der Waals surface area contributed by atoms with Crippen molar-refractivity contribution in [3.05, 3.63) is 23.8 Å². The van der Waals surface area contributed by atoms with E-state index in [0.29, 0.717) is 11.8 Å². The van der Waals surface area contributed by atoms with Crippen LogP contribution in [0.2, 0.25) is 0 Å². The first-order valence-electron chi connectivity index (χ1n) is 7.68. The summed E-state index contributed by atoms with van der Waals surface area (Å²) in [5, 5.41) is 3.54. The van der Waals surface area contributed by atoms with Crippen molar-refractivity contribution in [2.24, 2.45) is 11.8 Å². The molecule has 1 aliphatic rings. The summed E-state index contributed by atoms with van der Waals surface area (Å²) in [4.78, 5) is 2.53. The van der Waals surface area contributed by atoms with E-state index in [1.807, 2.05) is 0 Å². The number of rotatable bonds is 5. The molecule has 1 N–H and O–H groups in total. The summed E-state index contributed by atoms with van der Waals surface area (Å²) in [6, 6.07) is 6.96. The number of hydrogen-bond donors (Lipinski definition) is 1. The van der Waals surface area contributed by atoms with Crippen molar-refractivity contribution in [2.75, 3.05) is 29.9 Å². The molecule has 0 bridgehead atoms. The molecule has 1 aromatic rings. The summed E-state index contributed by atoms with van der Waals surface area (Å²) in [6.07, 6.45) is 2.48. The average Bonchev–Trinajstić information content (AvgIpc) is 2.36. The van der Waals surface area contributed by atoms with Crippen LogP contribution < -0.4 is 10.2 Å². The number of nitrogens with zero attached hydrogens (tertiary/aromatic N) is 1. The molecule has 1 heterocycles. The average molecular weight is 260 g/mol. The predicted molar refractivity (Wildman–Crippen MR) is 85.1 cm³/mol. The maximum atomic E-state index is 3.54. The lowest BCUT2D eigenvalue weighted by Gasteiger charge is -2.30. The number of aryl methyl sites for hydroxylation is 1. The Morgan fingerprint density at radius 1 is 1.11 bits per heavy atom. The highest BCUT2D eigenvalue weighted by Crippen LogP contribution is 2.28. The van der Waals surface area contributed by atoms with Gasteiger partial charge in [0.15, 0.2) is 0 Å².